The summed E-state index contributed by atoms with van der Waals surface area (Å²) >= 11 is 0. The fourth-order valence-corrected chi connectivity index (χ4v) is 3.86. The molecule has 2 aliphatic rings. The zero-order valence-corrected chi connectivity index (χ0v) is 17.7. The van der Waals surface area contributed by atoms with Gasteiger partial charge in [0.05, 0.1) is 25.4 Å². The van der Waals surface area contributed by atoms with Gasteiger partial charge >= 0.3 is 0 Å². The number of aromatic nitrogens is 4. The molecule has 3 aromatic rings. The highest BCUT2D eigenvalue weighted by Crippen LogP contribution is 2.32. The van der Waals surface area contributed by atoms with Gasteiger partial charge in [-0.2, -0.15) is 10.1 Å². The molecule has 160 valence electrons. The molecule has 1 aromatic carbocycles. The maximum Gasteiger partial charge on any atom is 0.273 e. The molecule has 0 spiro atoms. The fourth-order valence-electron chi connectivity index (χ4n) is 3.86. The van der Waals surface area contributed by atoms with E-state index in [1.165, 1.54) is 0 Å². The zero-order valence-electron chi connectivity index (χ0n) is 17.7. The number of morpholine rings is 1. The number of rotatable bonds is 5. The predicted molar refractivity (Wildman–Crippen MR) is 117 cm³/mol. The van der Waals surface area contributed by atoms with Crippen molar-refractivity contribution in [1.82, 2.24) is 24.6 Å². The number of nitrogens with zero attached hydrogens (tertiary/aromatic N) is 6. The maximum atomic E-state index is 13.0. The second-order valence-electron chi connectivity index (χ2n) is 7.95. The average Bonchev–Trinajstić information content (AvgIpc) is 3.44. The highest BCUT2D eigenvalue weighted by atomic mass is 16.5. The summed E-state index contributed by atoms with van der Waals surface area (Å²) in [6.45, 7) is 7.21. The summed E-state index contributed by atoms with van der Waals surface area (Å²) in [5.74, 6) is 1.20. The Hall–Kier alpha value is -3.46. The molecule has 1 saturated heterocycles. The molecule has 31 heavy (non-hydrogen) atoms. The lowest BCUT2D eigenvalue weighted by molar-refractivity contribution is 0.0726. The first-order valence-corrected chi connectivity index (χ1v) is 10.5. The number of hydrogen-bond acceptors (Lipinski definition) is 7. The second kappa shape index (κ2) is 7.99. The lowest BCUT2D eigenvalue weighted by atomic mass is 10.2. The van der Waals surface area contributed by atoms with E-state index in [0.29, 0.717) is 50.3 Å². The topological polar surface area (TPSA) is 88.4 Å². The van der Waals surface area contributed by atoms with Crippen molar-refractivity contribution in [3.8, 4) is 5.69 Å². The summed E-state index contributed by atoms with van der Waals surface area (Å²) in [7, 11) is 0. The Morgan fingerprint density at radius 3 is 2.55 bits per heavy atom. The van der Waals surface area contributed by atoms with Crippen LogP contribution < -0.4 is 10.2 Å². The molecule has 9 nitrogen and oxygen atoms in total. The number of hydrogen-bond donors (Lipinski definition) is 1. The Kier molecular flexibility index (Phi) is 5.03. The number of nitrogens with one attached hydrogen (secondary N) is 1. The van der Waals surface area contributed by atoms with E-state index < -0.39 is 0 Å². The molecule has 0 atom stereocenters. The van der Waals surface area contributed by atoms with Crippen LogP contribution in [0.25, 0.3) is 5.69 Å². The minimum atomic E-state index is -0.0426. The van der Waals surface area contributed by atoms with Crippen LogP contribution in [0, 0.1) is 0 Å². The van der Waals surface area contributed by atoms with E-state index in [2.05, 4.69) is 20.3 Å². The van der Waals surface area contributed by atoms with E-state index in [9.17, 15) is 4.79 Å². The van der Waals surface area contributed by atoms with Crippen LogP contribution in [0.2, 0.25) is 0 Å². The molecule has 2 aliphatic heterocycles. The molecule has 0 saturated carbocycles. The summed E-state index contributed by atoms with van der Waals surface area (Å²) in [4.78, 5) is 26.4. The minimum Gasteiger partial charge on any atom is -0.378 e. The highest BCUT2D eigenvalue weighted by molar-refractivity contribution is 5.98. The van der Waals surface area contributed by atoms with E-state index in [4.69, 9.17) is 9.72 Å². The second-order valence-corrected chi connectivity index (χ2v) is 7.95. The number of carbonyl (C=O) groups excluding carboxylic acids is 1. The monoisotopic (exact) mass is 419 g/mol. The van der Waals surface area contributed by atoms with E-state index >= 15 is 0 Å². The molecule has 0 unspecified atom stereocenters. The molecule has 1 N–H and O–H groups in total. The molecule has 9 heteroatoms. The first-order chi connectivity index (χ1) is 15.1. The molecule has 0 radical (unpaired) electrons. The van der Waals surface area contributed by atoms with Crippen molar-refractivity contribution in [3.05, 3.63) is 54.0 Å². The largest absolute Gasteiger partial charge is 0.378 e. The predicted octanol–water partition coefficient (Wildman–Crippen LogP) is 2.61. The van der Waals surface area contributed by atoms with Crippen LogP contribution in [0.1, 0.15) is 29.9 Å². The highest BCUT2D eigenvalue weighted by Gasteiger charge is 2.35. The third-order valence-corrected chi connectivity index (χ3v) is 5.60. The number of carbonyl (C=O) groups is 1. The lowest BCUT2D eigenvalue weighted by Gasteiger charge is -2.27. The van der Waals surface area contributed by atoms with Gasteiger partial charge in [-0.3, -0.25) is 4.79 Å². The Labute approximate surface area is 180 Å². The Morgan fingerprint density at radius 2 is 1.87 bits per heavy atom. The quantitative estimate of drug-likeness (QED) is 0.680. The van der Waals surface area contributed by atoms with E-state index in [1.807, 2.05) is 60.0 Å². The van der Waals surface area contributed by atoms with Gasteiger partial charge in [0.15, 0.2) is 0 Å². The summed E-state index contributed by atoms with van der Waals surface area (Å²) in [6.07, 6.45) is 3.65. The molecule has 0 bridgehead atoms. The summed E-state index contributed by atoms with van der Waals surface area (Å²) in [6, 6.07) is 9.93. The molecule has 1 fully saturated rings. The van der Waals surface area contributed by atoms with Gasteiger partial charge in [-0.1, -0.05) is 0 Å². The van der Waals surface area contributed by atoms with Crippen molar-refractivity contribution in [2.75, 3.05) is 36.5 Å². The van der Waals surface area contributed by atoms with E-state index in [0.717, 1.165) is 16.9 Å². The van der Waals surface area contributed by atoms with Crippen molar-refractivity contribution in [2.24, 2.45) is 0 Å². The minimum absolute atomic E-state index is 0.0426. The molecule has 5 rings (SSSR count). The van der Waals surface area contributed by atoms with Crippen molar-refractivity contribution >= 4 is 23.4 Å². The molecular formula is C22H25N7O2. The van der Waals surface area contributed by atoms with E-state index in [1.54, 1.807) is 6.20 Å². The van der Waals surface area contributed by atoms with Crippen molar-refractivity contribution < 1.29 is 9.53 Å². The van der Waals surface area contributed by atoms with Crippen LogP contribution in [-0.4, -0.2) is 62.9 Å². The zero-order chi connectivity index (χ0) is 21.4. The molecule has 1 amide bonds. The van der Waals surface area contributed by atoms with Crippen LogP contribution in [0.5, 0.6) is 0 Å². The molecule has 2 aromatic heterocycles. The number of amides is 1. The van der Waals surface area contributed by atoms with Crippen LogP contribution in [0.15, 0.2) is 42.7 Å². The first kappa shape index (κ1) is 19.5. The average molecular weight is 419 g/mol. The van der Waals surface area contributed by atoms with Crippen LogP contribution in [-0.2, 0) is 11.3 Å². The summed E-state index contributed by atoms with van der Waals surface area (Å²) in [5.41, 5.74) is 3.19. The van der Waals surface area contributed by atoms with Gasteiger partial charge in [0.25, 0.3) is 5.91 Å². The number of anilines is 3. The van der Waals surface area contributed by atoms with Gasteiger partial charge in [0.1, 0.15) is 11.5 Å². The van der Waals surface area contributed by atoms with E-state index in [-0.39, 0.29) is 11.9 Å². The van der Waals surface area contributed by atoms with Crippen LogP contribution >= 0.6 is 0 Å². The van der Waals surface area contributed by atoms with Gasteiger partial charge < -0.3 is 19.9 Å². The van der Waals surface area contributed by atoms with Crippen molar-refractivity contribution in [1.29, 1.82) is 0 Å². The Bertz CT molecular complexity index is 1070. The number of fused-ring (bicyclic) bond motifs is 1. The molecular weight excluding hydrogens is 394 g/mol. The number of benzene rings is 1. The number of ether oxygens (including phenoxy) is 1. The van der Waals surface area contributed by atoms with Gasteiger partial charge in [0, 0.05) is 42.8 Å². The molecule has 0 aliphatic carbocycles. The van der Waals surface area contributed by atoms with Crippen molar-refractivity contribution in [3.63, 3.8) is 0 Å². The standard InChI is InChI=1S/C22H25N7O2/c1-15(2)28-14-18-19(21(28)30)25-22(27-10-12-31-13-11-27)26-20(18)24-16-4-6-17(7-5-16)29-9-3-8-23-29/h3-9,15H,10-14H2,1-2H3,(H,24,25,26). The Balaban J connectivity index is 1.49. The lowest BCUT2D eigenvalue weighted by Crippen LogP contribution is -2.37. The van der Waals surface area contributed by atoms with Crippen LogP contribution in [0.4, 0.5) is 17.5 Å². The van der Waals surface area contributed by atoms with Gasteiger partial charge in [-0.05, 0) is 44.2 Å². The first-order valence-electron chi connectivity index (χ1n) is 10.5. The third kappa shape index (κ3) is 3.72. The van der Waals surface area contributed by atoms with Gasteiger partial charge in [-0.15, -0.1) is 0 Å². The molecule has 4 heterocycles. The smallest absolute Gasteiger partial charge is 0.273 e. The van der Waals surface area contributed by atoms with Gasteiger partial charge in [-0.25, -0.2) is 9.67 Å². The maximum absolute atomic E-state index is 13.0. The third-order valence-electron chi connectivity index (χ3n) is 5.60. The van der Waals surface area contributed by atoms with Gasteiger partial charge in [0.2, 0.25) is 5.95 Å². The van der Waals surface area contributed by atoms with Crippen LogP contribution in [0.3, 0.4) is 0 Å². The fraction of sp³-hybridized carbons (Fsp3) is 0.364. The van der Waals surface area contributed by atoms with Crippen molar-refractivity contribution in [2.45, 2.75) is 26.4 Å². The normalized spacial score (nSPS) is 16.2. The Morgan fingerprint density at radius 1 is 1.10 bits per heavy atom. The SMILES string of the molecule is CC(C)N1Cc2c(Nc3ccc(-n4cccn4)cc3)nc(N3CCOCC3)nc2C1=O. The summed E-state index contributed by atoms with van der Waals surface area (Å²) in [5, 5.41) is 7.68. The summed E-state index contributed by atoms with van der Waals surface area (Å²) < 4.78 is 7.26.